The van der Waals surface area contributed by atoms with Gasteiger partial charge in [-0.05, 0) is 49.7 Å². The zero-order valence-electron chi connectivity index (χ0n) is 16.9. The Labute approximate surface area is 168 Å². The lowest BCUT2D eigenvalue weighted by atomic mass is 9.79. The summed E-state index contributed by atoms with van der Waals surface area (Å²) in [6, 6.07) is 15.3. The summed E-state index contributed by atoms with van der Waals surface area (Å²) in [7, 11) is 0. The third kappa shape index (κ3) is 5.41. The third-order valence-electron chi connectivity index (χ3n) is 5.82. The second-order valence-corrected chi connectivity index (χ2v) is 8.03. The van der Waals surface area contributed by atoms with Crippen LogP contribution in [0.2, 0.25) is 0 Å². The van der Waals surface area contributed by atoms with Gasteiger partial charge in [-0.3, -0.25) is 0 Å². The maximum absolute atomic E-state index is 14.7. The van der Waals surface area contributed by atoms with E-state index in [0.717, 1.165) is 36.8 Å². The molecule has 0 unspecified atom stereocenters. The standard InChI is InChI=1S/C26H30F2/c1-3-4-20-11-15-23(16-12-20)25(27)26(28)24-17-13-22(14-18-24)10-9-21-7-5-19(2)6-8-21/h5-10,13-14,17-18,20,23H,3-4,11-12,15-16H2,1-2H3/b10-9?,26-25+. The van der Waals surface area contributed by atoms with Crippen LogP contribution in [0.1, 0.15) is 67.7 Å². The molecular weight excluding hydrogens is 350 g/mol. The van der Waals surface area contributed by atoms with Gasteiger partial charge in [-0.1, -0.05) is 86.0 Å². The lowest BCUT2D eigenvalue weighted by Crippen LogP contribution is -2.15. The number of aryl methyl sites for hydroxylation is 1. The monoisotopic (exact) mass is 380 g/mol. The molecule has 1 aliphatic carbocycles. The molecule has 0 atom stereocenters. The van der Waals surface area contributed by atoms with Crippen molar-refractivity contribution in [2.24, 2.45) is 11.8 Å². The van der Waals surface area contributed by atoms with Crippen molar-refractivity contribution in [3.05, 3.63) is 76.6 Å². The maximum Gasteiger partial charge on any atom is 0.162 e. The topological polar surface area (TPSA) is 0 Å². The minimum atomic E-state index is -0.687. The number of benzene rings is 2. The smallest absolute Gasteiger partial charge is 0.162 e. The van der Waals surface area contributed by atoms with E-state index in [2.05, 4.69) is 38.1 Å². The molecule has 3 rings (SSSR count). The van der Waals surface area contributed by atoms with Gasteiger partial charge in [-0.25, -0.2) is 8.78 Å². The van der Waals surface area contributed by atoms with Crippen LogP contribution in [0.25, 0.3) is 18.0 Å². The van der Waals surface area contributed by atoms with Gasteiger partial charge in [0.15, 0.2) is 5.83 Å². The summed E-state index contributed by atoms with van der Waals surface area (Å²) < 4.78 is 29.3. The number of halogens is 2. The molecule has 0 aromatic heterocycles. The van der Waals surface area contributed by atoms with E-state index < -0.39 is 11.7 Å². The molecule has 0 N–H and O–H groups in total. The first kappa shape index (κ1) is 20.5. The van der Waals surface area contributed by atoms with Gasteiger partial charge in [-0.15, -0.1) is 0 Å². The number of allylic oxidation sites excluding steroid dienone is 1. The van der Waals surface area contributed by atoms with Gasteiger partial charge in [-0.2, -0.15) is 0 Å². The highest BCUT2D eigenvalue weighted by atomic mass is 19.2. The van der Waals surface area contributed by atoms with Crippen LogP contribution in [0.15, 0.2) is 54.4 Å². The number of hydrogen-bond acceptors (Lipinski definition) is 0. The van der Waals surface area contributed by atoms with E-state index in [1.165, 1.54) is 18.4 Å². The molecule has 2 aromatic rings. The SMILES string of the molecule is CCCC1CCC(/C(F)=C(\F)c2ccc(C=Cc3ccc(C)cc3)cc2)CC1. The molecule has 0 radical (unpaired) electrons. The van der Waals surface area contributed by atoms with Crippen molar-refractivity contribution in [3.63, 3.8) is 0 Å². The van der Waals surface area contributed by atoms with Crippen LogP contribution in [-0.2, 0) is 0 Å². The van der Waals surface area contributed by atoms with Crippen molar-refractivity contribution in [1.29, 1.82) is 0 Å². The summed E-state index contributed by atoms with van der Waals surface area (Å²) in [5.74, 6) is -0.808. The Morgan fingerprint density at radius 3 is 1.93 bits per heavy atom. The molecule has 0 amide bonds. The molecule has 1 saturated carbocycles. The molecule has 0 nitrogen and oxygen atoms in total. The van der Waals surface area contributed by atoms with Crippen LogP contribution in [0.5, 0.6) is 0 Å². The molecule has 1 fully saturated rings. The number of hydrogen-bond donors (Lipinski definition) is 0. The summed E-state index contributed by atoms with van der Waals surface area (Å²) in [5, 5.41) is 0. The highest BCUT2D eigenvalue weighted by molar-refractivity contribution is 5.71. The Bertz CT molecular complexity index is 805. The summed E-state index contributed by atoms with van der Waals surface area (Å²) in [6.07, 6.45) is 9.95. The van der Waals surface area contributed by atoms with Crippen LogP contribution < -0.4 is 0 Å². The van der Waals surface area contributed by atoms with Crippen molar-refractivity contribution < 1.29 is 8.78 Å². The van der Waals surface area contributed by atoms with E-state index in [1.807, 2.05) is 24.3 Å². The average Bonchev–Trinajstić information content (AvgIpc) is 2.73. The zero-order valence-corrected chi connectivity index (χ0v) is 16.9. The molecule has 2 heteroatoms. The fourth-order valence-electron chi connectivity index (χ4n) is 4.04. The van der Waals surface area contributed by atoms with Crippen molar-refractivity contribution in [1.82, 2.24) is 0 Å². The van der Waals surface area contributed by atoms with E-state index in [9.17, 15) is 8.78 Å². The second-order valence-electron chi connectivity index (χ2n) is 8.03. The van der Waals surface area contributed by atoms with Gasteiger partial charge >= 0.3 is 0 Å². The van der Waals surface area contributed by atoms with Crippen LogP contribution in [0.4, 0.5) is 8.78 Å². The van der Waals surface area contributed by atoms with Gasteiger partial charge in [0.2, 0.25) is 0 Å². The van der Waals surface area contributed by atoms with Crippen molar-refractivity contribution in [2.75, 3.05) is 0 Å². The Morgan fingerprint density at radius 2 is 1.39 bits per heavy atom. The van der Waals surface area contributed by atoms with Gasteiger partial charge < -0.3 is 0 Å². The van der Waals surface area contributed by atoms with E-state index in [4.69, 9.17) is 0 Å². The van der Waals surface area contributed by atoms with Gasteiger partial charge in [0, 0.05) is 11.5 Å². The maximum atomic E-state index is 14.7. The first-order valence-electron chi connectivity index (χ1n) is 10.5. The van der Waals surface area contributed by atoms with Gasteiger partial charge in [0.25, 0.3) is 0 Å². The van der Waals surface area contributed by atoms with E-state index in [1.54, 1.807) is 12.1 Å². The first-order chi connectivity index (χ1) is 13.6. The molecule has 0 heterocycles. The Morgan fingerprint density at radius 1 is 0.857 bits per heavy atom. The zero-order chi connectivity index (χ0) is 19.9. The average molecular weight is 381 g/mol. The van der Waals surface area contributed by atoms with Crippen LogP contribution in [0, 0.1) is 18.8 Å². The normalized spacial score (nSPS) is 21.0. The Kier molecular flexibility index (Phi) is 7.19. The summed E-state index contributed by atoms with van der Waals surface area (Å²) >= 11 is 0. The molecule has 28 heavy (non-hydrogen) atoms. The Hall–Kier alpha value is -2.22. The second kappa shape index (κ2) is 9.82. The van der Waals surface area contributed by atoms with Crippen molar-refractivity contribution >= 4 is 18.0 Å². The predicted octanol–water partition coefficient (Wildman–Crippen LogP) is 8.38. The fourth-order valence-corrected chi connectivity index (χ4v) is 4.04. The quantitative estimate of drug-likeness (QED) is 0.441. The molecule has 0 saturated heterocycles. The summed E-state index contributed by atoms with van der Waals surface area (Å²) in [5.41, 5.74) is 3.65. The third-order valence-corrected chi connectivity index (χ3v) is 5.82. The van der Waals surface area contributed by atoms with Crippen LogP contribution in [-0.4, -0.2) is 0 Å². The number of rotatable bonds is 6. The molecule has 0 spiro atoms. The lowest BCUT2D eigenvalue weighted by Gasteiger charge is -2.27. The molecular formula is C26H30F2. The van der Waals surface area contributed by atoms with E-state index in [-0.39, 0.29) is 5.92 Å². The Balaban J connectivity index is 1.65. The van der Waals surface area contributed by atoms with E-state index >= 15 is 0 Å². The highest BCUT2D eigenvalue weighted by Crippen LogP contribution is 2.39. The lowest BCUT2D eigenvalue weighted by molar-refractivity contribution is 0.261. The first-order valence-corrected chi connectivity index (χ1v) is 10.5. The molecule has 1 aliphatic rings. The minimum absolute atomic E-state index is 0.255. The van der Waals surface area contributed by atoms with Gasteiger partial charge in [0.1, 0.15) is 5.83 Å². The molecule has 0 bridgehead atoms. The van der Waals surface area contributed by atoms with Crippen molar-refractivity contribution in [3.8, 4) is 0 Å². The highest BCUT2D eigenvalue weighted by Gasteiger charge is 2.26. The minimum Gasteiger partial charge on any atom is -0.208 e. The fraction of sp³-hybridized carbons (Fsp3) is 0.385. The van der Waals surface area contributed by atoms with Crippen LogP contribution in [0.3, 0.4) is 0 Å². The van der Waals surface area contributed by atoms with Crippen molar-refractivity contribution in [2.45, 2.75) is 52.4 Å². The summed E-state index contributed by atoms with van der Waals surface area (Å²) in [4.78, 5) is 0. The molecule has 0 aliphatic heterocycles. The molecule has 148 valence electrons. The largest absolute Gasteiger partial charge is 0.208 e. The van der Waals surface area contributed by atoms with Gasteiger partial charge in [0.05, 0.1) is 0 Å². The molecule has 2 aromatic carbocycles. The summed E-state index contributed by atoms with van der Waals surface area (Å²) in [6.45, 7) is 4.25. The van der Waals surface area contributed by atoms with E-state index in [0.29, 0.717) is 11.5 Å². The predicted molar refractivity (Wildman–Crippen MR) is 116 cm³/mol. The van der Waals surface area contributed by atoms with Crippen LogP contribution >= 0.6 is 0 Å².